The lowest BCUT2D eigenvalue weighted by molar-refractivity contribution is 0.434. The Morgan fingerprint density at radius 2 is 2.00 bits per heavy atom. The first-order chi connectivity index (χ1) is 11.4. The van der Waals surface area contributed by atoms with E-state index in [1.54, 1.807) is 12.4 Å². The molecule has 2 aromatic heterocycles. The third-order valence-electron chi connectivity index (χ3n) is 3.90. The Hall–Kier alpha value is -2.10. The molecule has 0 bridgehead atoms. The fourth-order valence-electron chi connectivity index (χ4n) is 2.72. The van der Waals surface area contributed by atoms with Gasteiger partial charge in [-0.2, -0.15) is 12.7 Å². The molecular formula is C15H20N6O2S. The number of nitrogens with two attached hydrogens (primary N) is 1. The molecule has 0 unspecified atom stereocenters. The molecule has 1 fully saturated rings. The summed E-state index contributed by atoms with van der Waals surface area (Å²) in [4.78, 5) is 15.3. The van der Waals surface area contributed by atoms with Gasteiger partial charge in [0.15, 0.2) is 5.82 Å². The van der Waals surface area contributed by atoms with E-state index >= 15 is 0 Å². The number of aromatic nitrogens is 3. The molecule has 9 heteroatoms. The molecule has 24 heavy (non-hydrogen) atoms. The standard InChI is InChI=1S/C15H20N6O2S/c1-12-10-14(19-15(18-12)13-4-2-5-17-11-13)20-6-3-7-21(9-8-20)24(16,22)23/h2,4-5,10-11H,3,6-9H2,1H3,(H2,16,22,23). The average Bonchev–Trinajstić information content (AvgIpc) is 2.81. The summed E-state index contributed by atoms with van der Waals surface area (Å²) in [6.07, 6.45) is 4.13. The van der Waals surface area contributed by atoms with Crippen molar-refractivity contribution in [1.29, 1.82) is 0 Å². The van der Waals surface area contributed by atoms with Crippen LogP contribution in [0.15, 0.2) is 30.6 Å². The van der Waals surface area contributed by atoms with Gasteiger partial charge in [-0.3, -0.25) is 4.98 Å². The molecule has 8 nitrogen and oxygen atoms in total. The van der Waals surface area contributed by atoms with Crippen LogP contribution in [0.4, 0.5) is 5.82 Å². The average molecular weight is 348 g/mol. The summed E-state index contributed by atoms with van der Waals surface area (Å²) >= 11 is 0. The summed E-state index contributed by atoms with van der Waals surface area (Å²) in [5.74, 6) is 1.41. The Morgan fingerprint density at radius 3 is 2.71 bits per heavy atom. The van der Waals surface area contributed by atoms with Crippen molar-refractivity contribution in [3.8, 4) is 11.4 Å². The van der Waals surface area contributed by atoms with Gasteiger partial charge in [0, 0.05) is 55.9 Å². The van der Waals surface area contributed by atoms with E-state index in [0.717, 1.165) is 23.6 Å². The number of anilines is 1. The van der Waals surface area contributed by atoms with Crippen molar-refractivity contribution < 1.29 is 8.42 Å². The van der Waals surface area contributed by atoms with E-state index in [1.807, 2.05) is 25.1 Å². The van der Waals surface area contributed by atoms with Gasteiger partial charge < -0.3 is 4.90 Å². The lowest BCUT2D eigenvalue weighted by atomic mass is 10.2. The maximum Gasteiger partial charge on any atom is 0.276 e. The Kier molecular flexibility index (Phi) is 4.74. The van der Waals surface area contributed by atoms with Gasteiger partial charge in [0.1, 0.15) is 5.82 Å². The van der Waals surface area contributed by atoms with Crippen LogP contribution in [0.1, 0.15) is 12.1 Å². The molecular weight excluding hydrogens is 328 g/mol. The van der Waals surface area contributed by atoms with Crippen molar-refractivity contribution in [2.45, 2.75) is 13.3 Å². The van der Waals surface area contributed by atoms with Gasteiger partial charge in [0.05, 0.1) is 0 Å². The maximum absolute atomic E-state index is 11.5. The largest absolute Gasteiger partial charge is 0.355 e. The van der Waals surface area contributed by atoms with Crippen LogP contribution >= 0.6 is 0 Å². The van der Waals surface area contributed by atoms with Gasteiger partial charge in [0.2, 0.25) is 0 Å². The van der Waals surface area contributed by atoms with Gasteiger partial charge in [-0.05, 0) is 25.5 Å². The molecule has 2 aromatic rings. The molecule has 0 radical (unpaired) electrons. The summed E-state index contributed by atoms with van der Waals surface area (Å²) in [5, 5.41) is 5.24. The zero-order valence-electron chi connectivity index (χ0n) is 13.5. The highest BCUT2D eigenvalue weighted by Crippen LogP contribution is 2.20. The van der Waals surface area contributed by atoms with Crippen molar-refractivity contribution in [1.82, 2.24) is 19.3 Å². The first kappa shape index (κ1) is 16.7. The van der Waals surface area contributed by atoms with Gasteiger partial charge in [-0.15, -0.1) is 0 Å². The Morgan fingerprint density at radius 1 is 1.17 bits per heavy atom. The molecule has 0 aliphatic carbocycles. The van der Waals surface area contributed by atoms with Crippen LogP contribution in [-0.4, -0.2) is 53.9 Å². The van der Waals surface area contributed by atoms with Crippen LogP contribution in [0, 0.1) is 6.92 Å². The maximum atomic E-state index is 11.5. The Bertz CT molecular complexity index is 812. The molecule has 3 rings (SSSR count). The molecule has 0 amide bonds. The fraction of sp³-hybridized carbons (Fsp3) is 0.400. The van der Waals surface area contributed by atoms with Crippen LogP contribution in [0.2, 0.25) is 0 Å². The minimum Gasteiger partial charge on any atom is -0.355 e. The molecule has 1 saturated heterocycles. The molecule has 0 saturated carbocycles. The van der Waals surface area contributed by atoms with Crippen molar-refractivity contribution in [2.75, 3.05) is 31.1 Å². The summed E-state index contributed by atoms with van der Waals surface area (Å²) in [7, 11) is -3.65. The lowest BCUT2D eigenvalue weighted by Gasteiger charge is -2.22. The second-order valence-corrected chi connectivity index (χ2v) is 7.26. The molecule has 1 aliphatic rings. The summed E-state index contributed by atoms with van der Waals surface area (Å²) in [6, 6.07) is 5.67. The smallest absolute Gasteiger partial charge is 0.276 e. The zero-order valence-corrected chi connectivity index (χ0v) is 14.3. The van der Waals surface area contributed by atoms with Crippen LogP contribution in [0.25, 0.3) is 11.4 Å². The second-order valence-electron chi connectivity index (χ2n) is 5.72. The third-order valence-corrected chi connectivity index (χ3v) is 4.98. The number of pyridine rings is 1. The van der Waals surface area contributed by atoms with E-state index in [2.05, 4.69) is 19.9 Å². The summed E-state index contributed by atoms with van der Waals surface area (Å²) in [6.45, 7) is 3.95. The quantitative estimate of drug-likeness (QED) is 0.869. The highest BCUT2D eigenvalue weighted by atomic mass is 32.2. The van der Waals surface area contributed by atoms with Crippen LogP contribution in [-0.2, 0) is 10.2 Å². The first-order valence-corrected chi connectivity index (χ1v) is 9.23. The third kappa shape index (κ3) is 3.86. The molecule has 128 valence electrons. The lowest BCUT2D eigenvalue weighted by Crippen LogP contribution is -2.39. The van der Waals surface area contributed by atoms with E-state index in [0.29, 0.717) is 31.9 Å². The normalized spacial score (nSPS) is 16.8. The second kappa shape index (κ2) is 6.80. The molecule has 0 spiro atoms. The number of nitrogens with zero attached hydrogens (tertiary/aromatic N) is 5. The Labute approximate surface area is 141 Å². The van der Waals surface area contributed by atoms with E-state index in [4.69, 9.17) is 5.14 Å². The van der Waals surface area contributed by atoms with E-state index in [1.165, 1.54) is 4.31 Å². The topological polar surface area (TPSA) is 105 Å². The van der Waals surface area contributed by atoms with Crippen LogP contribution < -0.4 is 10.0 Å². The van der Waals surface area contributed by atoms with E-state index in [-0.39, 0.29) is 0 Å². The molecule has 2 N–H and O–H groups in total. The number of aryl methyl sites for hydroxylation is 1. The van der Waals surface area contributed by atoms with Crippen molar-refractivity contribution in [3.05, 3.63) is 36.3 Å². The van der Waals surface area contributed by atoms with E-state index < -0.39 is 10.2 Å². The van der Waals surface area contributed by atoms with Crippen molar-refractivity contribution in [2.24, 2.45) is 5.14 Å². The first-order valence-electron chi connectivity index (χ1n) is 7.72. The number of rotatable bonds is 3. The predicted octanol–water partition coefficient (Wildman–Crippen LogP) is 0.563. The highest BCUT2D eigenvalue weighted by molar-refractivity contribution is 7.86. The van der Waals surface area contributed by atoms with Gasteiger partial charge in [-0.25, -0.2) is 15.1 Å². The van der Waals surface area contributed by atoms with Crippen molar-refractivity contribution in [3.63, 3.8) is 0 Å². The fourth-order valence-corrected chi connectivity index (χ4v) is 3.44. The molecule has 3 heterocycles. The van der Waals surface area contributed by atoms with Crippen LogP contribution in [0.5, 0.6) is 0 Å². The van der Waals surface area contributed by atoms with Crippen LogP contribution in [0.3, 0.4) is 0 Å². The Balaban J connectivity index is 1.86. The van der Waals surface area contributed by atoms with Gasteiger partial charge in [0.25, 0.3) is 10.2 Å². The minimum absolute atomic E-state index is 0.351. The number of hydrogen-bond donors (Lipinski definition) is 1. The van der Waals surface area contributed by atoms with Gasteiger partial charge >= 0.3 is 0 Å². The monoisotopic (exact) mass is 348 g/mol. The predicted molar refractivity (Wildman–Crippen MR) is 91.5 cm³/mol. The molecule has 1 aliphatic heterocycles. The zero-order chi connectivity index (χ0) is 17.2. The van der Waals surface area contributed by atoms with Gasteiger partial charge in [-0.1, -0.05) is 0 Å². The minimum atomic E-state index is -3.65. The highest BCUT2D eigenvalue weighted by Gasteiger charge is 2.23. The number of hydrogen-bond acceptors (Lipinski definition) is 6. The summed E-state index contributed by atoms with van der Waals surface area (Å²) < 4.78 is 24.4. The molecule has 0 atom stereocenters. The summed E-state index contributed by atoms with van der Waals surface area (Å²) in [5.41, 5.74) is 1.70. The molecule has 0 aromatic carbocycles. The van der Waals surface area contributed by atoms with Crippen molar-refractivity contribution >= 4 is 16.0 Å². The van der Waals surface area contributed by atoms with E-state index in [9.17, 15) is 8.42 Å². The SMILES string of the molecule is Cc1cc(N2CCCN(S(N)(=O)=O)CC2)nc(-c2cccnc2)n1.